The summed E-state index contributed by atoms with van der Waals surface area (Å²) >= 11 is 1.86. The number of nitrogens with zero attached hydrogens (tertiary/aromatic N) is 3. The highest BCUT2D eigenvalue weighted by molar-refractivity contribution is 7.99. The Kier molecular flexibility index (Phi) is 4.56. The van der Waals surface area contributed by atoms with Crippen LogP contribution in [-0.4, -0.2) is 26.6 Å². The summed E-state index contributed by atoms with van der Waals surface area (Å²) in [6, 6.07) is 0. The Labute approximate surface area is 120 Å². The van der Waals surface area contributed by atoms with E-state index in [2.05, 4.69) is 30.9 Å². The first-order chi connectivity index (χ1) is 8.91. The topological polar surface area (TPSA) is 56.7 Å². The van der Waals surface area contributed by atoms with E-state index in [1.807, 2.05) is 23.5 Å². The first-order valence-corrected chi connectivity index (χ1v) is 8.00. The Morgan fingerprint density at radius 1 is 1.42 bits per heavy atom. The van der Waals surface area contributed by atoms with Crippen LogP contribution in [0.2, 0.25) is 0 Å². The second kappa shape index (κ2) is 5.83. The van der Waals surface area contributed by atoms with Crippen LogP contribution in [0.1, 0.15) is 40.0 Å². The lowest BCUT2D eigenvalue weighted by molar-refractivity contribution is 0.157. The van der Waals surface area contributed by atoms with Crippen LogP contribution >= 0.6 is 11.8 Å². The highest BCUT2D eigenvalue weighted by Gasteiger charge is 2.36. The number of nitrogens with two attached hydrogens (primary N) is 1. The molecule has 1 aliphatic rings. The molecule has 2 N–H and O–H groups in total. The maximum absolute atomic E-state index is 5.96. The fourth-order valence-electron chi connectivity index (χ4n) is 2.92. The zero-order chi connectivity index (χ0) is 14.0. The van der Waals surface area contributed by atoms with E-state index in [-0.39, 0.29) is 0 Å². The molecule has 3 atom stereocenters. The molecule has 0 amide bonds. The molecule has 1 aromatic rings. The number of hydrogen-bond acceptors (Lipinski definition) is 4. The van der Waals surface area contributed by atoms with Crippen LogP contribution < -0.4 is 5.73 Å². The number of hydrogen-bond donors (Lipinski definition) is 1. The van der Waals surface area contributed by atoms with E-state index in [4.69, 9.17) is 5.73 Å². The first kappa shape index (κ1) is 14.9. The molecule has 1 saturated carbocycles. The molecule has 19 heavy (non-hydrogen) atoms. The summed E-state index contributed by atoms with van der Waals surface area (Å²) < 4.78 is 1.86. The monoisotopic (exact) mass is 282 g/mol. The van der Waals surface area contributed by atoms with Crippen LogP contribution in [0.5, 0.6) is 0 Å². The van der Waals surface area contributed by atoms with Crippen molar-refractivity contribution in [3.8, 4) is 0 Å². The van der Waals surface area contributed by atoms with Gasteiger partial charge in [-0.15, -0.1) is 0 Å². The molecule has 1 aromatic heterocycles. The first-order valence-electron chi connectivity index (χ1n) is 7.12. The Hall–Kier alpha value is -0.550. The maximum Gasteiger partial charge on any atom is 0.186 e. The highest BCUT2D eigenvalue weighted by Crippen LogP contribution is 2.44. The average molecular weight is 282 g/mol. The lowest BCUT2D eigenvalue weighted by Gasteiger charge is -2.41. The average Bonchev–Trinajstić information content (AvgIpc) is 2.74. The van der Waals surface area contributed by atoms with E-state index in [0.717, 1.165) is 17.6 Å². The normalized spacial score (nSPS) is 28.6. The number of aromatic nitrogens is 3. The standard InChI is InChI=1S/C14H26N4S/c1-14(2,3)11-6-5-10(8-15)12(7-11)19-13-16-9-17-18(13)4/h9-12H,5-8,15H2,1-4H3. The summed E-state index contributed by atoms with van der Waals surface area (Å²) in [4.78, 5) is 4.34. The summed E-state index contributed by atoms with van der Waals surface area (Å²) in [5.41, 5.74) is 6.35. The minimum atomic E-state index is 0.387. The van der Waals surface area contributed by atoms with E-state index < -0.39 is 0 Å². The molecule has 1 aliphatic carbocycles. The molecular weight excluding hydrogens is 256 g/mol. The molecule has 3 unspecified atom stereocenters. The lowest BCUT2D eigenvalue weighted by atomic mass is 9.69. The van der Waals surface area contributed by atoms with Gasteiger partial charge in [0, 0.05) is 12.3 Å². The molecule has 4 nitrogen and oxygen atoms in total. The van der Waals surface area contributed by atoms with Crippen molar-refractivity contribution in [2.24, 2.45) is 30.0 Å². The van der Waals surface area contributed by atoms with Crippen molar-refractivity contribution in [3.05, 3.63) is 6.33 Å². The van der Waals surface area contributed by atoms with Crippen molar-refractivity contribution in [3.63, 3.8) is 0 Å². The SMILES string of the molecule is Cn1ncnc1SC1CC(C(C)(C)C)CCC1CN. The van der Waals surface area contributed by atoms with Crippen molar-refractivity contribution in [2.45, 2.75) is 50.4 Å². The fraction of sp³-hybridized carbons (Fsp3) is 0.857. The van der Waals surface area contributed by atoms with Crippen LogP contribution in [0.15, 0.2) is 11.5 Å². The van der Waals surface area contributed by atoms with Gasteiger partial charge in [-0.25, -0.2) is 9.67 Å². The van der Waals surface area contributed by atoms with E-state index in [9.17, 15) is 0 Å². The van der Waals surface area contributed by atoms with E-state index >= 15 is 0 Å². The number of aryl methyl sites for hydroxylation is 1. The van der Waals surface area contributed by atoms with Gasteiger partial charge in [-0.3, -0.25) is 0 Å². The van der Waals surface area contributed by atoms with E-state index in [1.165, 1.54) is 19.3 Å². The van der Waals surface area contributed by atoms with Gasteiger partial charge in [-0.2, -0.15) is 5.10 Å². The molecule has 2 rings (SSSR count). The van der Waals surface area contributed by atoms with Crippen molar-refractivity contribution >= 4 is 11.8 Å². The van der Waals surface area contributed by atoms with Crippen molar-refractivity contribution in [1.82, 2.24) is 14.8 Å². The Morgan fingerprint density at radius 2 is 2.16 bits per heavy atom. The van der Waals surface area contributed by atoms with Gasteiger partial charge in [-0.1, -0.05) is 32.5 Å². The van der Waals surface area contributed by atoms with Crippen LogP contribution in [0, 0.1) is 17.3 Å². The number of thioether (sulfide) groups is 1. The molecule has 0 bridgehead atoms. The smallest absolute Gasteiger partial charge is 0.186 e. The quantitative estimate of drug-likeness (QED) is 0.926. The lowest BCUT2D eigenvalue weighted by Crippen LogP contribution is -2.36. The summed E-state index contributed by atoms with van der Waals surface area (Å²) in [5.74, 6) is 1.39. The van der Waals surface area contributed by atoms with Gasteiger partial charge in [0.05, 0.1) is 0 Å². The third-order valence-corrected chi connectivity index (χ3v) is 5.84. The minimum Gasteiger partial charge on any atom is -0.330 e. The Morgan fingerprint density at radius 3 is 2.68 bits per heavy atom. The van der Waals surface area contributed by atoms with Gasteiger partial charge in [-0.05, 0) is 43.1 Å². The molecule has 0 spiro atoms. The van der Waals surface area contributed by atoms with Gasteiger partial charge < -0.3 is 5.73 Å². The van der Waals surface area contributed by atoms with E-state index in [1.54, 1.807) is 6.33 Å². The number of rotatable bonds is 3. The van der Waals surface area contributed by atoms with Crippen LogP contribution in [0.25, 0.3) is 0 Å². The van der Waals surface area contributed by atoms with E-state index in [0.29, 0.717) is 16.6 Å². The Bertz CT molecular complexity index is 410. The van der Waals surface area contributed by atoms with Crippen LogP contribution in [0.3, 0.4) is 0 Å². The summed E-state index contributed by atoms with van der Waals surface area (Å²) in [5, 5.41) is 5.74. The predicted octanol–water partition coefficient (Wildman–Crippen LogP) is 2.70. The third-order valence-electron chi connectivity index (χ3n) is 4.38. The zero-order valence-electron chi connectivity index (χ0n) is 12.5. The Balaban J connectivity index is 2.08. The fourth-order valence-corrected chi connectivity index (χ4v) is 4.27. The third kappa shape index (κ3) is 3.51. The van der Waals surface area contributed by atoms with Gasteiger partial charge in [0.2, 0.25) is 0 Å². The largest absolute Gasteiger partial charge is 0.330 e. The zero-order valence-corrected chi connectivity index (χ0v) is 13.3. The van der Waals surface area contributed by atoms with Crippen molar-refractivity contribution in [2.75, 3.05) is 6.54 Å². The van der Waals surface area contributed by atoms with Gasteiger partial charge >= 0.3 is 0 Å². The van der Waals surface area contributed by atoms with Crippen LogP contribution in [-0.2, 0) is 7.05 Å². The molecular formula is C14H26N4S. The molecule has 1 heterocycles. The predicted molar refractivity (Wildman–Crippen MR) is 80.0 cm³/mol. The minimum absolute atomic E-state index is 0.387. The summed E-state index contributed by atoms with van der Waals surface area (Å²) in [6.45, 7) is 7.84. The molecule has 1 fully saturated rings. The van der Waals surface area contributed by atoms with Gasteiger partial charge in [0.1, 0.15) is 6.33 Å². The van der Waals surface area contributed by atoms with Crippen molar-refractivity contribution in [1.29, 1.82) is 0 Å². The second-order valence-electron chi connectivity index (χ2n) is 6.69. The molecule has 0 saturated heterocycles. The highest BCUT2D eigenvalue weighted by atomic mass is 32.2. The maximum atomic E-state index is 5.96. The van der Waals surface area contributed by atoms with Crippen molar-refractivity contribution < 1.29 is 0 Å². The second-order valence-corrected chi connectivity index (χ2v) is 7.90. The van der Waals surface area contributed by atoms with Crippen LogP contribution in [0.4, 0.5) is 0 Å². The molecule has 0 radical (unpaired) electrons. The molecule has 5 heteroatoms. The summed E-state index contributed by atoms with van der Waals surface area (Å²) in [7, 11) is 1.96. The van der Waals surface area contributed by atoms with Gasteiger partial charge in [0.15, 0.2) is 5.16 Å². The molecule has 108 valence electrons. The summed E-state index contributed by atoms with van der Waals surface area (Å²) in [6.07, 6.45) is 5.42. The molecule has 0 aromatic carbocycles. The van der Waals surface area contributed by atoms with Gasteiger partial charge in [0.25, 0.3) is 0 Å². The molecule has 0 aliphatic heterocycles.